The number of hydrogen-bond acceptors (Lipinski definition) is 2. The van der Waals surface area contributed by atoms with E-state index in [0.29, 0.717) is 12.0 Å². The first-order valence-electron chi connectivity index (χ1n) is 10.3. The van der Waals surface area contributed by atoms with Gasteiger partial charge in [-0.15, -0.1) is 0 Å². The molecule has 0 aliphatic heterocycles. The second-order valence-corrected chi connectivity index (χ2v) is 7.43. The highest BCUT2D eigenvalue weighted by Crippen LogP contribution is 2.19. The molecular formula is C28H23NO2. The Kier molecular flexibility index (Phi) is 6.34. The van der Waals surface area contributed by atoms with Crippen molar-refractivity contribution in [2.45, 2.75) is 12.5 Å². The van der Waals surface area contributed by atoms with Gasteiger partial charge in [0.05, 0.1) is 6.04 Å². The van der Waals surface area contributed by atoms with Crippen molar-refractivity contribution >= 4 is 35.1 Å². The fourth-order valence-corrected chi connectivity index (χ4v) is 3.59. The van der Waals surface area contributed by atoms with Crippen LogP contribution in [0, 0.1) is 0 Å². The molecule has 31 heavy (non-hydrogen) atoms. The van der Waals surface area contributed by atoms with Crippen molar-refractivity contribution in [1.29, 1.82) is 0 Å². The van der Waals surface area contributed by atoms with E-state index in [9.17, 15) is 9.59 Å². The van der Waals surface area contributed by atoms with E-state index in [1.165, 1.54) is 10.8 Å². The van der Waals surface area contributed by atoms with E-state index in [4.69, 9.17) is 0 Å². The minimum atomic E-state index is -0.576. The van der Waals surface area contributed by atoms with Crippen molar-refractivity contribution in [3.63, 3.8) is 0 Å². The van der Waals surface area contributed by atoms with Crippen LogP contribution in [-0.2, 0) is 11.2 Å². The van der Waals surface area contributed by atoms with Gasteiger partial charge in [0.1, 0.15) is 6.29 Å². The topological polar surface area (TPSA) is 46.2 Å². The van der Waals surface area contributed by atoms with Crippen LogP contribution in [0.3, 0.4) is 0 Å². The zero-order chi connectivity index (χ0) is 21.5. The number of amides is 1. The molecular weight excluding hydrogens is 382 g/mol. The maximum atomic E-state index is 12.9. The van der Waals surface area contributed by atoms with Crippen molar-refractivity contribution < 1.29 is 9.59 Å². The molecule has 1 amide bonds. The molecule has 0 aliphatic carbocycles. The van der Waals surface area contributed by atoms with Gasteiger partial charge in [0.15, 0.2) is 0 Å². The van der Waals surface area contributed by atoms with Crippen LogP contribution in [0.4, 0.5) is 0 Å². The molecule has 152 valence electrons. The van der Waals surface area contributed by atoms with Gasteiger partial charge in [0, 0.05) is 5.56 Å². The first kappa shape index (κ1) is 20.3. The number of carbonyl (C=O) groups is 2. The van der Waals surface area contributed by atoms with Crippen molar-refractivity contribution in [3.8, 4) is 0 Å². The minimum Gasteiger partial charge on any atom is -0.342 e. The molecule has 0 aromatic heterocycles. The molecule has 0 saturated heterocycles. The summed E-state index contributed by atoms with van der Waals surface area (Å²) in [6.07, 6.45) is 5.19. The predicted octanol–water partition coefficient (Wildman–Crippen LogP) is 5.55. The summed E-state index contributed by atoms with van der Waals surface area (Å²) >= 11 is 0. The van der Waals surface area contributed by atoms with Gasteiger partial charge >= 0.3 is 0 Å². The molecule has 0 aliphatic rings. The highest BCUT2D eigenvalue weighted by Gasteiger charge is 2.15. The molecule has 0 radical (unpaired) electrons. The molecule has 1 N–H and O–H groups in total. The van der Waals surface area contributed by atoms with Gasteiger partial charge < -0.3 is 10.1 Å². The summed E-state index contributed by atoms with van der Waals surface area (Å²) in [6, 6.07) is 31.0. The number of hydrogen-bond donors (Lipinski definition) is 1. The molecule has 0 heterocycles. The van der Waals surface area contributed by atoms with Gasteiger partial charge in [-0.05, 0) is 46.0 Å². The van der Waals surface area contributed by atoms with Gasteiger partial charge in [-0.2, -0.15) is 0 Å². The van der Waals surface area contributed by atoms with Crippen LogP contribution in [-0.4, -0.2) is 18.2 Å². The van der Waals surface area contributed by atoms with Gasteiger partial charge in [-0.1, -0.05) is 97.1 Å². The van der Waals surface area contributed by atoms with Crippen molar-refractivity contribution in [1.82, 2.24) is 5.32 Å². The summed E-state index contributed by atoms with van der Waals surface area (Å²) in [5, 5.41) is 5.22. The van der Waals surface area contributed by atoms with Crippen LogP contribution in [0.25, 0.3) is 22.9 Å². The number of carbonyl (C=O) groups excluding carboxylic acids is 2. The molecule has 4 aromatic carbocycles. The van der Waals surface area contributed by atoms with Gasteiger partial charge in [-0.3, -0.25) is 4.79 Å². The summed E-state index contributed by atoms with van der Waals surface area (Å²) in [4.78, 5) is 24.5. The fourth-order valence-electron chi connectivity index (χ4n) is 3.59. The molecule has 4 aromatic rings. The maximum Gasteiger partial charge on any atom is 0.252 e. The Morgan fingerprint density at radius 1 is 0.774 bits per heavy atom. The van der Waals surface area contributed by atoms with Crippen LogP contribution >= 0.6 is 0 Å². The smallest absolute Gasteiger partial charge is 0.252 e. The first-order chi connectivity index (χ1) is 15.2. The summed E-state index contributed by atoms with van der Waals surface area (Å²) in [5.74, 6) is -0.258. The number of nitrogens with one attached hydrogen (secondary N) is 1. The monoisotopic (exact) mass is 405 g/mol. The molecule has 1 atom stereocenters. The molecule has 0 spiro atoms. The van der Waals surface area contributed by atoms with E-state index in [2.05, 4.69) is 35.6 Å². The highest BCUT2D eigenvalue weighted by atomic mass is 16.2. The average molecular weight is 405 g/mol. The van der Waals surface area contributed by atoms with Gasteiger partial charge in [0.2, 0.25) is 0 Å². The van der Waals surface area contributed by atoms with Crippen molar-refractivity contribution in [2.24, 2.45) is 0 Å². The van der Waals surface area contributed by atoms with E-state index in [0.717, 1.165) is 23.0 Å². The third-order valence-electron chi connectivity index (χ3n) is 5.21. The third kappa shape index (κ3) is 5.14. The molecule has 3 heteroatoms. The molecule has 0 unspecified atom stereocenters. The number of aldehydes is 1. The van der Waals surface area contributed by atoms with Gasteiger partial charge in [0.25, 0.3) is 5.91 Å². The summed E-state index contributed by atoms with van der Waals surface area (Å²) in [6.45, 7) is 0. The second kappa shape index (κ2) is 9.68. The van der Waals surface area contributed by atoms with Gasteiger partial charge in [-0.25, -0.2) is 0 Å². The Morgan fingerprint density at radius 2 is 1.48 bits per heavy atom. The number of fused-ring (bicyclic) bond motifs is 1. The lowest BCUT2D eigenvalue weighted by atomic mass is 10.0. The lowest BCUT2D eigenvalue weighted by Crippen LogP contribution is -2.37. The maximum absolute atomic E-state index is 12.9. The van der Waals surface area contributed by atoms with Crippen molar-refractivity contribution in [2.75, 3.05) is 0 Å². The third-order valence-corrected chi connectivity index (χ3v) is 5.21. The minimum absolute atomic E-state index is 0.258. The van der Waals surface area contributed by atoms with E-state index in [1.807, 2.05) is 72.8 Å². The summed E-state index contributed by atoms with van der Waals surface area (Å²) in [7, 11) is 0. The molecule has 0 bridgehead atoms. The summed E-state index contributed by atoms with van der Waals surface area (Å²) < 4.78 is 0. The molecule has 3 nitrogen and oxygen atoms in total. The number of benzene rings is 4. The Balaban J connectivity index is 1.52. The van der Waals surface area contributed by atoms with E-state index < -0.39 is 6.04 Å². The molecule has 0 saturated carbocycles. The SMILES string of the molecule is O=C[C@H](Cc1ccccc1)NC(=O)c1ccccc1C=Cc1ccc2ccccc2c1. The largest absolute Gasteiger partial charge is 0.342 e. The van der Waals surface area contributed by atoms with Crippen molar-refractivity contribution in [3.05, 3.63) is 119 Å². The zero-order valence-corrected chi connectivity index (χ0v) is 17.1. The lowest BCUT2D eigenvalue weighted by Gasteiger charge is -2.14. The predicted molar refractivity (Wildman–Crippen MR) is 127 cm³/mol. The summed E-state index contributed by atoms with van der Waals surface area (Å²) in [5.41, 5.74) is 3.41. The van der Waals surface area contributed by atoms with E-state index in [-0.39, 0.29) is 5.91 Å². The van der Waals surface area contributed by atoms with Crippen LogP contribution in [0.1, 0.15) is 27.0 Å². The van der Waals surface area contributed by atoms with Crippen LogP contribution in [0.2, 0.25) is 0 Å². The van der Waals surface area contributed by atoms with E-state index in [1.54, 1.807) is 6.07 Å². The first-order valence-corrected chi connectivity index (χ1v) is 10.3. The van der Waals surface area contributed by atoms with Crippen LogP contribution in [0.15, 0.2) is 97.1 Å². The van der Waals surface area contributed by atoms with Crippen LogP contribution < -0.4 is 5.32 Å². The zero-order valence-electron chi connectivity index (χ0n) is 17.1. The quantitative estimate of drug-likeness (QED) is 0.324. The molecule has 4 rings (SSSR count). The van der Waals surface area contributed by atoms with Crippen LogP contribution in [0.5, 0.6) is 0 Å². The standard InChI is InChI=1S/C28H23NO2/c30-20-26(19-21-8-2-1-3-9-21)29-28(31)27-13-7-6-11-24(27)17-15-22-14-16-23-10-4-5-12-25(23)18-22/h1-18,20,26H,19H2,(H,29,31)/t26-/m0/s1. The Bertz CT molecular complexity index is 1230. The Hall–Kier alpha value is -3.98. The fraction of sp³-hybridized carbons (Fsp3) is 0.0714. The average Bonchev–Trinajstić information content (AvgIpc) is 2.83. The van der Waals surface area contributed by atoms with E-state index >= 15 is 0 Å². The Morgan fingerprint density at radius 3 is 2.29 bits per heavy atom. The lowest BCUT2D eigenvalue weighted by molar-refractivity contribution is -0.109. The molecule has 0 fully saturated rings. The Labute approximate surface area is 182 Å². The second-order valence-electron chi connectivity index (χ2n) is 7.43. The normalized spacial score (nSPS) is 12.0. The highest BCUT2D eigenvalue weighted by molar-refractivity contribution is 6.00. The number of rotatable bonds is 7.